The highest BCUT2D eigenvalue weighted by molar-refractivity contribution is 7.09. The fourth-order valence-corrected chi connectivity index (χ4v) is 3.50. The molecule has 0 unspecified atom stereocenters. The number of hydrogen-bond donors (Lipinski definition) is 1. The summed E-state index contributed by atoms with van der Waals surface area (Å²) in [4.78, 5) is 32.4. The number of nitrogens with zero attached hydrogens (tertiary/aromatic N) is 3. The van der Waals surface area contributed by atoms with Gasteiger partial charge in [-0.2, -0.15) is 0 Å². The van der Waals surface area contributed by atoms with Crippen LogP contribution < -0.4 is 4.90 Å². The van der Waals surface area contributed by atoms with E-state index in [0.717, 1.165) is 10.7 Å². The fourth-order valence-electron chi connectivity index (χ4n) is 2.90. The Bertz CT molecular complexity index is 774. The molecule has 0 bridgehead atoms. The zero-order valence-corrected chi connectivity index (χ0v) is 14.4. The van der Waals surface area contributed by atoms with E-state index < -0.39 is 0 Å². The Morgan fingerprint density at radius 3 is 2.96 bits per heavy atom. The second kappa shape index (κ2) is 6.60. The van der Waals surface area contributed by atoms with Gasteiger partial charge in [-0.25, -0.2) is 4.98 Å². The van der Waals surface area contributed by atoms with E-state index in [1.807, 2.05) is 12.3 Å². The van der Waals surface area contributed by atoms with Crippen LogP contribution in [0.3, 0.4) is 0 Å². The number of phenolic OH excluding ortho intramolecular Hbond substituents is 1. The monoisotopic (exact) mass is 345 g/mol. The molecule has 1 atom stereocenters. The lowest BCUT2D eigenvalue weighted by Crippen LogP contribution is -2.34. The second-order valence-electron chi connectivity index (χ2n) is 5.98. The Morgan fingerprint density at radius 2 is 2.29 bits per heavy atom. The molecule has 24 heavy (non-hydrogen) atoms. The molecule has 2 aromatic rings. The van der Waals surface area contributed by atoms with Crippen molar-refractivity contribution in [1.29, 1.82) is 0 Å². The van der Waals surface area contributed by atoms with E-state index >= 15 is 0 Å². The smallest absolute Gasteiger partial charge is 0.228 e. The van der Waals surface area contributed by atoms with Crippen LogP contribution in [0, 0.1) is 12.8 Å². The van der Waals surface area contributed by atoms with Gasteiger partial charge in [-0.3, -0.25) is 9.59 Å². The number of anilines is 1. The maximum Gasteiger partial charge on any atom is 0.228 e. The van der Waals surface area contributed by atoms with Crippen molar-refractivity contribution in [2.45, 2.75) is 19.9 Å². The molecule has 1 aliphatic heterocycles. The molecule has 6 nitrogen and oxygen atoms in total. The lowest BCUT2D eigenvalue weighted by atomic mass is 10.1. The maximum absolute atomic E-state index is 12.6. The van der Waals surface area contributed by atoms with Gasteiger partial charge in [0.1, 0.15) is 5.75 Å². The molecule has 2 heterocycles. The van der Waals surface area contributed by atoms with Crippen molar-refractivity contribution in [3.63, 3.8) is 0 Å². The number of hydrogen-bond acceptors (Lipinski definition) is 5. The minimum Gasteiger partial charge on any atom is -0.508 e. The lowest BCUT2D eigenvalue weighted by Gasteiger charge is -2.21. The van der Waals surface area contributed by atoms with Crippen LogP contribution in [0.4, 0.5) is 5.69 Å². The number of thiazole rings is 1. The zero-order chi connectivity index (χ0) is 17.3. The molecule has 1 aromatic heterocycles. The van der Waals surface area contributed by atoms with Gasteiger partial charge in [0.25, 0.3) is 0 Å². The third kappa shape index (κ3) is 3.41. The van der Waals surface area contributed by atoms with Crippen LogP contribution in [-0.4, -0.2) is 40.4 Å². The topological polar surface area (TPSA) is 73.7 Å². The van der Waals surface area contributed by atoms with Crippen molar-refractivity contribution >= 4 is 28.8 Å². The predicted molar refractivity (Wildman–Crippen MR) is 91.9 cm³/mol. The standard InChI is InChI=1S/C17H19N3O3S/c1-11-18-13(10-24-11)9-19(2)17(23)12-6-16(22)20(8-12)14-4-3-5-15(21)7-14/h3-5,7,10,12,21H,6,8-9H2,1-2H3/t12-/m1/s1. The molecular formula is C17H19N3O3S. The van der Waals surface area contributed by atoms with Gasteiger partial charge in [0.15, 0.2) is 0 Å². The van der Waals surface area contributed by atoms with E-state index in [1.165, 1.54) is 6.07 Å². The Morgan fingerprint density at radius 1 is 1.50 bits per heavy atom. The number of phenols is 1. The molecule has 1 saturated heterocycles. The minimum atomic E-state index is -0.371. The first-order chi connectivity index (χ1) is 11.4. The SMILES string of the molecule is Cc1nc(CN(C)C(=O)[C@@H]2CC(=O)N(c3cccc(O)c3)C2)cs1. The van der Waals surface area contributed by atoms with Crippen LogP contribution >= 0.6 is 11.3 Å². The van der Waals surface area contributed by atoms with Crippen molar-refractivity contribution in [2.24, 2.45) is 5.92 Å². The molecule has 3 rings (SSSR count). The molecular weight excluding hydrogens is 326 g/mol. The molecule has 0 radical (unpaired) electrons. The second-order valence-corrected chi connectivity index (χ2v) is 7.04. The number of amides is 2. The molecule has 2 amide bonds. The third-order valence-electron chi connectivity index (χ3n) is 4.06. The van der Waals surface area contributed by atoms with Crippen molar-refractivity contribution in [1.82, 2.24) is 9.88 Å². The molecule has 1 fully saturated rings. The zero-order valence-electron chi connectivity index (χ0n) is 13.6. The van der Waals surface area contributed by atoms with E-state index in [9.17, 15) is 14.7 Å². The van der Waals surface area contributed by atoms with Crippen LogP contribution in [0.1, 0.15) is 17.1 Å². The highest BCUT2D eigenvalue weighted by Crippen LogP contribution is 2.28. The number of carbonyl (C=O) groups excluding carboxylic acids is 2. The molecule has 7 heteroatoms. The minimum absolute atomic E-state index is 0.0587. The molecule has 1 aliphatic rings. The lowest BCUT2D eigenvalue weighted by molar-refractivity contribution is -0.135. The van der Waals surface area contributed by atoms with E-state index in [-0.39, 0.29) is 29.9 Å². The van der Waals surface area contributed by atoms with Crippen LogP contribution in [0.5, 0.6) is 5.75 Å². The van der Waals surface area contributed by atoms with Gasteiger partial charge < -0.3 is 14.9 Å². The van der Waals surface area contributed by atoms with Crippen molar-refractivity contribution in [3.8, 4) is 5.75 Å². The first kappa shape index (κ1) is 16.4. The van der Waals surface area contributed by atoms with Crippen molar-refractivity contribution < 1.29 is 14.7 Å². The Balaban J connectivity index is 1.67. The highest BCUT2D eigenvalue weighted by atomic mass is 32.1. The van der Waals surface area contributed by atoms with Gasteiger partial charge in [0, 0.05) is 37.1 Å². The Labute approximate surface area is 144 Å². The summed E-state index contributed by atoms with van der Waals surface area (Å²) in [6.07, 6.45) is 0.189. The van der Waals surface area contributed by atoms with Gasteiger partial charge in [0.2, 0.25) is 11.8 Å². The van der Waals surface area contributed by atoms with E-state index in [1.54, 1.807) is 46.4 Å². The number of benzene rings is 1. The van der Waals surface area contributed by atoms with Crippen LogP contribution in [0.15, 0.2) is 29.6 Å². The van der Waals surface area contributed by atoms with E-state index in [4.69, 9.17) is 0 Å². The predicted octanol–water partition coefficient (Wildman–Crippen LogP) is 2.17. The summed E-state index contributed by atoms with van der Waals surface area (Å²) in [7, 11) is 1.73. The van der Waals surface area contributed by atoms with Crippen molar-refractivity contribution in [3.05, 3.63) is 40.3 Å². The Kier molecular flexibility index (Phi) is 4.53. The van der Waals surface area contributed by atoms with Crippen LogP contribution in [0.25, 0.3) is 0 Å². The van der Waals surface area contributed by atoms with Gasteiger partial charge in [-0.15, -0.1) is 11.3 Å². The molecule has 1 N–H and O–H groups in total. The number of aromatic nitrogens is 1. The largest absolute Gasteiger partial charge is 0.508 e. The first-order valence-corrected chi connectivity index (χ1v) is 8.57. The molecule has 0 aliphatic carbocycles. The number of aryl methyl sites for hydroxylation is 1. The summed E-state index contributed by atoms with van der Waals surface area (Å²) >= 11 is 1.55. The fraction of sp³-hybridized carbons (Fsp3) is 0.353. The molecule has 1 aromatic carbocycles. The average Bonchev–Trinajstić information content (AvgIpc) is 3.12. The summed E-state index contributed by atoms with van der Waals surface area (Å²) < 4.78 is 0. The average molecular weight is 345 g/mol. The number of carbonyl (C=O) groups is 2. The first-order valence-electron chi connectivity index (χ1n) is 7.69. The van der Waals surface area contributed by atoms with E-state index in [2.05, 4.69) is 4.98 Å². The van der Waals surface area contributed by atoms with Gasteiger partial charge in [0.05, 0.1) is 23.2 Å². The molecule has 126 valence electrons. The molecule has 0 saturated carbocycles. The Hall–Kier alpha value is -2.41. The quantitative estimate of drug-likeness (QED) is 0.922. The summed E-state index contributed by atoms with van der Waals surface area (Å²) in [5.74, 6) is -0.427. The van der Waals surface area contributed by atoms with Crippen molar-refractivity contribution in [2.75, 3.05) is 18.5 Å². The van der Waals surface area contributed by atoms with E-state index in [0.29, 0.717) is 18.8 Å². The summed E-state index contributed by atoms with van der Waals surface area (Å²) in [5.41, 5.74) is 1.48. The van der Waals surface area contributed by atoms with Crippen LogP contribution in [-0.2, 0) is 16.1 Å². The molecule has 0 spiro atoms. The number of rotatable bonds is 4. The summed E-state index contributed by atoms with van der Waals surface area (Å²) in [5, 5.41) is 12.5. The van der Waals surface area contributed by atoms with Gasteiger partial charge >= 0.3 is 0 Å². The van der Waals surface area contributed by atoms with Gasteiger partial charge in [-0.1, -0.05) is 6.07 Å². The third-order valence-corrected chi connectivity index (χ3v) is 4.88. The maximum atomic E-state index is 12.6. The summed E-state index contributed by atoms with van der Waals surface area (Å²) in [6, 6.07) is 6.53. The summed E-state index contributed by atoms with van der Waals surface area (Å²) in [6.45, 7) is 2.71. The van der Waals surface area contributed by atoms with Gasteiger partial charge in [-0.05, 0) is 19.1 Å². The normalized spacial score (nSPS) is 17.3. The number of aromatic hydroxyl groups is 1. The van der Waals surface area contributed by atoms with Crippen LogP contribution in [0.2, 0.25) is 0 Å². The highest BCUT2D eigenvalue weighted by Gasteiger charge is 2.36.